The highest BCUT2D eigenvalue weighted by Gasteiger charge is 2.45. The van der Waals surface area contributed by atoms with E-state index in [4.69, 9.17) is 14.6 Å². The molecule has 0 radical (unpaired) electrons. The molecule has 5 rings (SSSR count). The number of aliphatic hydroxyl groups excluding tert-OH is 1. The molecule has 9 nitrogen and oxygen atoms in total. The average molecular weight is 457 g/mol. The summed E-state index contributed by atoms with van der Waals surface area (Å²) in [7, 11) is 1.61. The van der Waals surface area contributed by atoms with Crippen LogP contribution in [0.5, 0.6) is 17.2 Å². The Morgan fingerprint density at radius 3 is 2.79 bits per heavy atom. The quantitative estimate of drug-likeness (QED) is 0.435. The predicted molar refractivity (Wildman–Crippen MR) is 115 cm³/mol. The van der Waals surface area contributed by atoms with Crippen molar-refractivity contribution in [3.05, 3.63) is 47.3 Å². The Bertz CT molecular complexity index is 1360. The molecule has 2 aromatic heterocycles. The van der Waals surface area contributed by atoms with Crippen molar-refractivity contribution < 1.29 is 28.1 Å². The van der Waals surface area contributed by atoms with Crippen LogP contribution in [-0.2, 0) is 13.0 Å². The summed E-state index contributed by atoms with van der Waals surface area (Å²) in [5.41, 5.74) is 2.63. The minimum Gasteiger partial charge on any atom is -0.497 e. The van der Waals surface area contributed by atoms with E-state index in [-0.39, 0.29) is 23.6 Å². The summed E-state index contributed by atoms with van der Waals surface area (Å²) in [6, 6.07) is 8.71. The smallest absolute Gasteiger partial charge is 0.497 e. The van der Waals surface area contributed by atoms with Gasteiger partial charge < -0.3 is 24.6 Å². The van der Waals surface area contributed by atoms with Crippen LogP contribution in [0, 0.1) is 6.92 Å². The molecule has 33 heavy (non-hydrogen) atoms. The van der Waals surface area contributed by atoms with Gasteiger partial charge in [-0.15, -0.1) is 13.9 Å². The molecule has 0 atom stereocenters. The van der Waals surface area contributed by atoms with E-state index in [1.807, 2.05) is 25.1 Å². The number of hydrogen-bond acceptors (Lipinski definition) is 8. The molecule has 0 spiro atoms. The first-order chi connectivity index (χ1) is 15.9. The zero-order valence-corrected chi connectivity index (χ0v) is 17.9. The Hall–Kier alpha value is -3.73. The monoisotopic (exact) mass is 457 g/mol. The van der Waals surface area contributed by atoms with Crippen LogP contribution in [0.3, 0.4) is 0 Å². The minimum absolute atomic E-state index is 0.00414. The van der Waals surface area contributed by atoms with Crippen molar-refractivity contribution in [2.24, 2.45) is 0 Å². The number of ether oxygens (including phenoxy) is 3. The molecule has 0 saturated carbocycles. The number of nitrogens with zero attached hydrogens (tertiary/aromatic N) is 4. The number of methoxy groups -OCH3 is 1. The molecule has 1 aliphatic heterocycles. The number of alkyl halides is 2. The van der Waals surface area contributed by atoms with Gasteiger partial charge >= 0.3 is 6.29 Å². The predicted octanol–water partition coefficient (Wildman–Crippen LogP) is 3.45. The molecule has 172 valence electrons. The van der Waals surface area contributed by atoms with E-state index in [2.05, 4.69) is 25.1 Å². The van der Waals surface area contributed by atoms with E-state index in [1.165, 1.54) is 10.6 Å². The lowest BCUT2D eigenvalue weighted by molar-refractivity contribution is -0.286. The second-order valence-corrected chi connectivity index (χ2v) is 7.63. The highest BCUT2D eigenvalue weighted by molar-refractivity contribution is 5.97. The Morgan fingerprint density at radius 2 is 2.03 bits per heavy atom. The van der Waals surface area contributed by atoms with E-state index in [0.717, 1.165) is 16.9 Å². The number of aliphatic hydroxyl groups is 1. The van der Waals surface area contributed by atoms with Gasteiger partial charge in [-0.3, -0.25) is 0 Å². The Balaban J connectivity index is 1.60. The molecule has 11 heteroatoms. The number of hydrogen-bond donors (Lipinski definition) is 2. The summed E-state index contributed by atoms with van der Waals surface area (Å²) >= 11 is 0. The maximum Gasteiger partial charge on any atom is 0.586 e. The maximum atomic E-state index is 13.7. The third-order valence-corrected chi connectivity index (χ3v) is 5.40. The van der Waals surface area contributed by atoms with E-state index in [0.29, 0.717) is 42.2 Å². The molecule has 0 fully saturated rings. The zero-order chi connectivity index (χ0) is 23.2. The van der Waals surface area contributed by atoms with E-state index < -0.39 is 6.29 Å². The zero-order valence-electron chi connectivity index (χ0n) is 17.9. The molecule has 0 amide bonds. The molecular formula is C22H21F2N5O4. The van der Waals surface area contributed by atoms with Crippen LogP contribution in [0.4, 0.5) is 14.7 Å². The second-order valence-electron chi connectivity index (χ2n) is 7.63. The van der Waals surface area contributed by atoms with Gasteiger partial charge in [0.1, 0.15) is 11.3 Å². The molecular weight excluding hydrogens is 436 g/mol. The second kappa shape index (κ2) is 8.00. The van der Waals surface area contributed by atoms with Crippen molar-refractivity contribution in [1.82, 2.24) is 19.6 Å². The molecule has 2 N–H and O–H groups in total. The van der Waals surface area contributed by atoms with Gasteiger partial charge in [-0.1, -0.05) is 6.07 Å². The number of halogens is 2. The number of rotatable bonds is 7. The maximum absolute atomic E-state index is 13.7. The van der Waals surface area contributed by atoms with Crippen molar-refractivity contribution >= 4 is 22.5 Å². The summed E-state index contributed by atoms with van der Waals surface area (Å²) in [6.07, 6.45) is -2.81. The van der Waals surface area contributed by atoms with Crippen LogP contribution in [0.1, 0.15) is 23.4 Å². The van der Waals surface area contributed by atoms with Crippen molar-refractivity contribution in [2.45, 2.75) is 32.6 Å². The SMILES string of the molecule is COc1ccc(CNc2nc3c4c(ccc3c3nc(CCCO)nn23)OC(F)(F)O4)c(C)c1. The molecule has 0 unspecified atom stereocenters. The number of anilines is 1. The minimum atomic E-state index is -3.77. The number of aryl methyl sites for hydroxylation is 2. The van der Waals surface area contributed by atoms with Crippen molar-refractivity contribution in [2.75, 3.05) is 19.0 Å². The van der Waals surface area contributed by atoms with Crippen LogP contribution in [0.2, 0.25) is 0 Å². The highest BCUT2D eigenvalue weighted by Crippen LogP contribution is 2.45. The van der Waals surface area contributed by atoms with Gasteiger partial charge in [0.25, 0.3) is 0 Å². The van der Waals surface area contributed by atoms with Gasteiger partial charge in [0, 0.05) is 25.0 Å². The van der Waals surface area contributed by atoms with Gasteiger partial charge in [-0.25, -0.2) is 9.97 Å². The lowest BCUT2D eigenvalue weighted by Crippen LogP contribution is -2.26. The fraction of sp³-hybridized carbons (Fsp3) is 0.318. The Morgan fingerprint density at radius 1 is 1.18 bits per heavy atom. The number of benzene rings is 2. The highest BCUT2D eigenvalue weighted by atomic mass is 19.3. The largest absolute Gasteiger partial charge is 0.586 e. The molecule has 0 saturated heterocycles. The number of aromatic nitrogens is 4. The van der Waals surface area contributed by atoms with Crippen LogP contribution in [-0.4, -0.2) is 44.7 Å². The van der Waals surface area contributed by atoms with Crippen LogP contribution < -0.4 is 19.5 Å². The van der Waals surface area contributed by atoms with Gasteiger partial charge in [0.2, 0.25) is 5.95 Å². The van der Waals surface area contributed by atoms with Gasteiger partial charge in [0.15, 0.2) is 23.0 Å². The fourth-order valence-corrected chi connectivity index (χ4v) is 3.75. The molecule has 1 aliphatic rings. The van der Waals surface area contributed by atoms with Crippen molar-refractivity contribution in [3.8, 4) is 17.2 Å². The lowest BCUT2D eigenvalue weighted by Gasteiger charge is -2.12. The van der Waals surface area contributed by atoms with Crippen LogP contribution >= 0.6 is 0 Å². The van der Waals surface area contributed by atoms with Crippen molar-refractivity contribution in [1.29, 1.82) is 0 Å². The van der Waals surface area contributed by atoms with Crippen LogP contribution in [0.15, 0.2) is 30.3 Å². The number of nitrogens with one attached hydrogen (secondary N) is 1. The average Bonchev–Trinajstić information content (AvgIpc) is 3.36. The third kappa shape index (κ3) is 3.84. The lowest BCUT2D eigenvalue weighted by atomic mass is 10.1. The van der Waals surface area contributed by atoms with E-state index in [1.54, 1.807) is 13.2 Å². The van der Waals surface area contributed by atoms with Gasteiger partial charge in [-0.2, -0.15) is 4.52 Å². The fourth-order valence-electron chi connectivity index (χ4n) is 3.75. The molecule has 0 aliphatic carbocycles. The standard InChI is InChI=1S/C22H21F2N5O4/c1-12-10-14(31-2)6-5-13(12)11-25-21-27-18-15(7-8-16-19(18)33-22(23,24)32-16)20-26-17(4-3-9-30)28-29(20)21/h5-8,10,30H,3-4,9,11H2,1-2H3,(H,25,27). The molecule has 4 aromatic rings. The summed E-state index contributed by atoms with van der Waals surface area (Å²) in [5, 5.41) is 17.4. The summed E-state index contributed by atoms with van der Waals surface area (Å²) < 4.78 is 43.6. The van der Waals surface area contributed by atoms with Crippen molar-refractivity contribution in [3.63, 3.8) is 0 Å². The van der Waals surface area contributed by atoms with Crippen LogP contribution in [0.25, 0.3) is 16.6 Å². The number of fused-ring (bicyclic) bond motifs is 5. The van der Waals surface area contributed by atoms with Gasteiger partial charge in [-0.05, 0) is 48.7 Å². The summed E-state index contributed by atoms with van der Waals surface area (Å²) in [4.78, 5) is 9.11. The molecule has 0 bridgehead atoms. The van der Waals surface area contributed by atoms with Gasteiger partial charge in [0.05, 0.1) is 7.11 Å². The summed E-state index contributed by atoms with van der Waals surface area (Å²) in [5.74, 6) is 1.32. The Kier molecular flexibility index (Phi) is 5.12. The summed E-state index contributed by atoms with van der Waals surface area (Å²) in [6.45, 7) is 2.37. The topological polar surface area (TPSA) is 103 Å². The normalized spacial score (nSPS) is 14.2. The first kappa shape index (κ1) is 21.1. The molecule has 3 heterocycles. The first-order valence-corrected chi connectivity index (χ1v) is 10.3. The first-order valence-electron chi connectivity index (χ1n) is 10.3. The van der Waals surface area contributed by atoms with E-state index in [9.17, 15) is 8.78 Å². The third-order valence-electron chi connectivity index (χ3n) is 5.40. The molecule has 2 aromatic carbocycles. The Labute approximate surface area is 186 Å². The van der Waals surface area contributed by atoms with E-state index >= 15 is 0 Å².